The second-order valence-electron chi connectivity index (χ2n) is 4.83. The molecule has 108 valence electrons. The topological polar surface area (TPSA) is 55.3 Å². The van der Waals surface area contributed by atoms with E-state index in [0.717, 1.165) is 17.7 Å². The van der Waals surface area contributed by atoms with E-state index in [1.165, 1.54) is 12.1 Å². The lowest BCUT2D eigenvalue weighted by atomic mass is 10.2. The molecule has 1 heterocycles. The van der Waals surface area contributed by atoms with E-state index in [9.17, 15) is 4.39 Å². The van der Waals surface area contributed by atoms with Gasteiger partial charge in [-0.05, 0) is 37.3 Å². The predicted octanol–water partition coefficient (Wildman–Crippen LogP) is 3.58. The summed E-state index contributed by atoms with van der Waals surface area (Å²) in [6, 6.07) is 11.9. The van der Waals surface area contributed by atoms with Crippen molar-refractivity contribution in [3.8, 4) is 0 Å². The van der Waals surface area contributed by atoms with Gasteiger partial charge in [-0.3, -0.25) is 0 Å². The van der Waals surface area contributed by atoms with Crippen LogP contribution in [0.3, 0.4) is 0 Å². The molecule has 21 heavy (non-hydrogen) atoms. The summed E-state index contributed by atoms with van der Waals surface area (Å²) in [6.07, 6.45) is 0. The fourth-order valence-corrected chi connectivity index (χ4v) is 2.28. The molecule has 0 aliphatic rings. The molecule has 0 aliphatic heterocycles. The molecule has 5 heteroatoms. The molecule has 0 atom stereocenters. The molecule has 0 aliphatic carbocycles. The van der Waals surface area contributed by atoms with Crippen LogP contribution in [0.5, 0.6) is 0 Å². The Balaban J connectivity index is 1.88. The van der Waals surface area contributed by atoms with Crippen LogP contribution in [0.4, 0.5) is 15.8 Å². The zero-order chi connectivity index (χ0) is 14.8. The predicted molar refractivity (Wildman–Crippen MR) is 81.5 cm³/mol. The van der Waals surface area contributed by atoms with E-state index in [0.29, 0.717) is 23.7 Å². The van der Waals surface area contributed by atoms with Crippen LogP contribution in [-0.2, 0) is 6.54 Å². The van der Waals surface area contributed by atoms with Gasteiger partial charge in [0.05, 0.1) is 6.54 Å². The Morgan fingerprint density at radius 2 is 2.10 bits per heavy atom. The second kappa shape index (κ2) is 5.44. The average molecular weight is 285 g/mol. The fourth-order valence-electron chi connectivity index (χ4n) is 2.28. The van der Waals surface area contributed by atoms with Crippen molar-refractivity contribution >= 4 is 22.5 Å². The normalized spacial score (nSPS) is 11.0. The zero-order valence-corrected chi connectivity index (χ0v) is 11.7. The first kappa shape index (κ1) is 13.4. The minimum absolute atomic E-state index is 0.253. The van der Waals surface area contributed by atoms with E-state index < -0.39 is 0 Å². The minimum Gasteiger partial charge on any atom is -0.439 e. The van der Waals surface area contributed by atoms with Crippen molar-refractivity contribution in [1.82, 2.24) is 4.98 Å². The monoisotopic (exact) mass is 285 g/mol. The summed E-state index contributed by atoms with van der Waals surface area (Å²) in [5.74, 6) is 0.331. The lowest BCUT2D eigenvalue weighted by molar-refractivity contribution is 0.521. The molecular formula is C16H16FN3O. The SMILES string of the molecule is CCN(Cc1nc2ccc(N)cc2o1)c1cccc(F)c1. The zero-order valence-electron chi connectivity index (χ0n) is 11.7. The van der Waals surface area contributed by atoms with Crippen LogP contribution in [0, 0.1) is 5.82 Å². The van der Waals surface area contributed by atoms with Crippen molar-refractivity contribution < 1.29 is 8.81 Å². The van der Waals surface area contributed by atoms with Crippen LogP contribution < -0.4 is 10.6 Å². The third-order valence-electron chi connectivity index (χ3n) is 3.34. The number of rotatable bonds is 4. The second-order valence-corrected chi connectivity index (χ2v) is 4.83. The Hall–Kier alpha value is -2.56. The lowest BCUT2D eigenvalue weighted by Crippen LogP contribution is -2.22. The number of nitrogens with zero attached hydrogens (tertiary/aromatic N) is 2. The molecule has 4 nitrogen and oxygen atoms in total. The maximum absolute atomic E-state index is 13.3. The van der Waals surface area contributed by atoms with Crippen molar-refractivity contribution in [2.45, 2.75) is 13.5 Å². The summed E-state index contributed by atoms with van der Waals surface area (Å²) >= 11 is 0. The van der Waals surface area contributed by atoms with Gasteiger partial charge >= 0.3 is 0 Å². The largest absolute Gasteiger partial charge is 0.439 e. The van der Waals surface area contributed by atoms with E-state index in [4.69, 9.17) is 10.2 Å². The summed E-state index contributed by atoms with van der Waals surface area (Å²) in [6.45, 7) is 3.21. The lowest BCUT2D eigenvalue weighted by Gasteiger charge is -2.21. The van der Waals surface area contributed by atoms with Crippen LogP contribution >= 0.6 is 0 Å². The summed E-state index contributed by atoms with van der Waals surface area (Å²) in [5, 5.41) is 0. The van der Waals surface area contributed by atoms with Gasteiger partial charge in [-0.2, -0.15) is 0 Å². The van der Waals surface area contributed by atoms with Gasteiger partial charge in [0.15, 0.2) is 5.58 Å². The number of aromatic nitrogens is 1. The van der Waals surface area contributed by atoms with Crippen LogP contribution in [0.25, 0.3) is 11.1 Å². The van der Waals surface area contributed by atoms with E-state index >= 15 is 0 Å². The van der Waals surface area contributed by atoms with E-state index in [-0.39, 0.29) is 5.82 Å². The Kier molecular flexibility index (Phi) is 3.48. The van der Waals surface area contributed by atoms with Crippen LogP contribution in [0.2, 0.25) is 0 Å². The summed E-state index contributed by atoms with van der Waals surface area (Å²) in [4.78, 5) is 6.43. The first-order valence-electron chi connectivity index (χ1n) is 6.81. The Morgan fingerprint density at radius 3 is 2.86 bits per heavy atom. The van der Waals surface area contributed by atoms with Crippen LogP contribution in [0.15, 0.2) is 46.9 Å². The number of oxazole rings is 1. The standard InChI is InChI=1S/C16H16FN3O/c1-2-20(13-5-3-4-11(17)8-13)10-16-19-14-7-6-12(18)9-15(14)21-16/h3-9H,2,10,18H2,1H3. The molecule has 1 aromatic heterocycles. The maximum atomic E-state index is 13.3. The molecule has 0 saturated heterocycles. The number of hydrogen-bond acceptors (Lipinski definition) is 4. The molecule has 0 bridgehead atoms. The summed E-state index contributed by atoms with van der Waals surface area (Å²) < 4.78 is 19.0. The Morgan fingerprint density at radius 1 is 1.24 bits per heavy atom. The van der Waals surface area contributed by atoms with Crippen LogP contribution in [0.1, 0.15) is 12.8 Å². The minimum atomic E-state index is -0.253. The van der Waals surface area contributed by atoms with E-state index in [1.54, 1.807) is 18.2 Å². The maximum Gasteiger partial charge on any atom is 0.215 e. The molecular weight excluding hydrogens is 269 g/mol. The van der Waals surface area contributed by atoms with Crippen molar-refractivity contribution in [2.75, 3.05) is 17.2 Å². The van der Waals surface area contributed by atoms with Gasteiger partial charge in [-0.1, -0.05) is 6.07 Å². The van der Waals surface area contributed by atoms with E-state index in [1.807, 2.05) is 24.0 Å². The molecule has 0 radical (unpaired) electrons. The van der Waals surface area contributed by atoms with Gasteiger partial charge in [0, 0.05) is 24.0 Å². The highest BCUT2D eigenvalue weighted by Gasteiger charge is 2.11. The quantitative estimate of drug-likeness (QED) is 0.744. The Bertz CT molecular complexity index is 769. The number of benzene rings is 2. The molecule has 2 N–H and O–H groups in total. The average Bonchev–Trinajstić information content (AvgIpc) is 2.86. The van der Waals surface area contributed by atoms with E-state index in [2.05, 4.69) is 4.98 Å². The van der Waals surface area contributed by atoms with Crippen molar-refractivity contribution in [3.63, 3.8) is 0 Å². The third-order valence-corrected chi connectivity index (χ3v) is 3.34. The molecule has 3 rings (SSSR count). The number of halogens is 1. The van der Waals surface area contributed by atoms with Gasteiger partial charge < -0.3 is 15.1 Å². The number of hydrogen-bond donors (Lipinski definition) is 1. The molecule has 0 spiro atoms. The van der Waals surface area contributed by atoms with Crippen molar-refractivity contribution in [3.05, 3.63) is 54.2 Å². The number of anilines is 2. The number of nitrogens with two attached hydrogens (primary N) is 1. The molecule has 2 aromatic carbocycles. The van der Waals surface area contributed by atoms with Gasteiger partial charge in [-0.25, -0.2) is 9.37 Å². The summed E-state index contributed by atoms with van der Waals surface area (Å²) in [5.41, 5.74) is 8.61. The molecule has 0 unspecified atom stereocenters. The first-order valence-corrected chi connectivity index (χ1v) is 6.81. The number of nitrogen functional groups attached to an aromatic ring is 1. The Labute approximate surface area is 122 Å². The molecule has 0 saturated carbocycles. The smallest absolute Gasteiger partial charge is 0.215 e. The summed E-state index contributed by atoms with van der Waals surface area (Å²) in [7, 11) is 0. The highest BCUT2D eigenvalue weighted by molar-refractivity contribution is 5.76. The molecule has 3 aromatic rings. The van der Waals surface area contributed by atoms with Crippen molar-refractivity contribution in [1.29, 1.82) is 0 Å². The van der Waals surface area contributed by atoms with Crippen molar-refractivity contribution in [2.24, 2.45) is 0 Å². The molecule has 0 fully saturated rings. The number of fused-ring (bicyclic) bond motifs is 1. The van der Waals surface area contributed by atoms with Gasteiger partial charge in [-0.15, -0.1) is 0 Å². The van der Waals surface area contributed by atoms with Gasteiger partial charge in [0.1, 0.15) is 11.3 Å². The van der Waals surface area contributed by atoms with Crippen LogP contribution in [-0.4, -0.2) is 11.5 Å². The highest BCUT2D eigenvalue weighted by Crippen LogP contribution is 2.22. The van der Waals surface area contributed by atoms with Gasteiger partial charge in [0.25, 0.3) is 0 Å². The fraction of sp³-hybridized carbons (Fsp3) is 0.188. The van der Waals surface area contributed by atoms with Gasteiger partial charge in [0.2, 0.25) is 5.89 Å². The first-order chi connectivity index (χ1) is 10.2. The highest BCUT2D eigenvalue weighted by atomic mass is 19.1. The molecule has 0 amide bonds. The third kappa shape index (κ3) is 2.81.